The van der Waals surface area contributed by atoms with E-state index in [0.29, 0.717) is 17.4 Å². The third-order valence-corrected chi connectivity index (χ3v) is 5.35. The first-order valence-electron chi connectivity index (χ1n) is 9.42. The van der Waals surface area contributed by atoms with Crippen molar-refractivity contribution in [3.8, 4) is 0 Å². The molecule has 3 aromatic heterocycles. The number of H-pyrrole nitrogens is 1. The number of nitrogens with one attached hydrogen (secondary N) is 2. The van der Waals surface area contributed by atoms with Crippen molar-refractivity contribution < 1.29 is 4.79 Å². The molecule has 5 rings (SSSR count). The first-order valence-corrected chi connectivity index (χ1v) is 9.42. The highest BCUT2D eigenvalue weighted by Gasteiger charge is 2.27. The third kappa shape index (κ3) is 2.69. The number of nitrogens with zero attached hydrogens (tertiary/aromatic N) is 5. The van der Waals surface area contributed by atoms with Crippen molar-refractivity contribution >= 4 is 39.3 Å². The van der Waals surface area contributed by atoms with Gasteiger partial charge in [0.25, 0.3) is 5.91 Å². The number of fused-ring (bicyclic) bond motifs is 2. The van der Waals surface area contributed by atoms with E-state index in [1.165, 1.54) is 0 Å². The highest BCUT2D eigenvalue weighted by molar-refractivity contribution is 6.05. The van der Waals surface area contributed by atoms with Crippen molar-refractivity contribution in [3.63, 3.8) is 0 Å². The summed E-state index contributed by atoms with van der Waals surface area (Å²) in [6, 6.07) is 9.67. The van der Waals surface area contributed by atoms with Crippen LogP contribution in [0.3, 0.4) is 0 Å². The highest BCUT2D eigenvalue weighted by atomic mass is 16.2. The van der Waals surface area contributed by atoms with Crippen LogP contribution < -0.4 is 5.32 Å². The minimum Gasteiger partial charge on any atom is -0.337 e. The highest BCUT2D eigenvalue weighted by Crippen LogP contribution is 2.28. The van der Waals surface area contributed by atoms with E-state index in [2.05, 4.69) is 32.5 Å². The van der Waals surface area contributed by atoms with E-state index in [0.717, 1.165) is 47.1 Å². The number of hydrogen-bond acceptors (Lipinski definition) is 5. The fourth-order valence-corrected chi connectivity index (χ4v) is 3.84. The van der Waals surface area contributed by atoms with Crippen LogP contribution in [-0.4, -0.2) is 48.9 Å². The molecule has 0 bridgehead atoms. The van der Waals surface area contributed by atoms with Crippen LogP contribution in [0, 0.1) is 5.92 Å². The number of pyridine rings is 1. The molecule has 4 aromatic rings. The average Bonchev–Trinajstić information content (AvgIpc) is 3.40. The number of benzene rings is 1. The fourth-order valence-electron chi connectivity index (χ4n) is 3.84. The lowest BCUT2D eigenvalue weighted by Crippen LogP contribution is -2.29. The van der Waals surface area contributed by atoms with Crippen molar-refractivity contribution in [3.05, 3.63) is 42.2 Å². The molecule has 2 N–H and O–H groups in total. The SMILES string of the molecule is CC1CCN(C(=O)c2nn(C)c3cc(Nc4n[nH]c5cccnc45)ccc23)C1. The molecule has 0 aliphatic carbocycles. The van der Waals surface area contributed by atoms with Gasteiger partial charge in [-0.25, -0.2) is 0 Å². The van der Waals surface area contributed by atoms with Gasteiger partial charge in [-0.1, -0.05) is 6.92 Å². The van der Waals surface area contributed by atoms with Crippen molar-refractivity contribution in [2.75, 3.05) is 18.4 Å². The van der Waals surface area contributed by atoms with Crippen molar-refractivity contribution in [2.45, 2.75) is 13.3 Å². The second-order valence-electron chi connectivity index (χ2n) is 7.45. The maximum absolute atomic E-state index is 12.9. The van der Waals surface area contributed by atoms with E-state index >= 15 is 0 Å². The van der Waals surface area contributed by atoms with Crippen LogP contribution in [0.4, 0.5) is 11.5 Å². The number of carbonyl (C=O) groups excluding carboxylic acids is 1. The number of aryl methyl sites for hydroxylation is 1. The van der Waals surface area contributed by atoms with Crippen LogP contribution in [0.1, 0.15) is 23.8 Å². The number of aromatic amines is 1. The Morgan fingerprint density at radius 1 is 1.32 bits per heavy atom. The van der Waals surface area contributed by atoms with Gasteiger partial charge in [-0.2, -0.15) is 10.2 Å². The largest absolute Gasteiger partial charge is 0.337 e. The standard InChI is InChI=1S/C20H21N7O/c1-12-7-9-27(11-12)20(28)17-14-6-5-13(10-16(14)26(2)25-17)22-19-18-15(23-24-19)4-3-8-21-18/h3-6,8,10,12H,7,9,11H2,1-2H3,(H2,22,23,24). The Morgan fingerprint density at radius 2 is 2.21 bits per heavy atom. The molecule has 8 heteroatoms. The van der Waals surface area contributed by atoms with Gasteiger partial charge in [0.1, 0.15) is 5.52 Å². The number of anilines is 2. The maximum atomic E-state index is 12.9. The van der Waals surface area contributed by atoms with E-state index in [9.17, 15) is 4.79 Å². The topological polar surface area (TPSA) is 91.7 Å². The molecule has 1 unspecified atom stereocenters. The molecule has 8 nitrogen and oxygen atoms in total. The summed E-state index contributed by atoms with van der Waals surface area (Å²) >= 11 is 0. The van der Waals surface area contributed by atoms with Gasteiger partial charge in [0.05, 0.1) is 11.0 Å². The zero-order valence-corrected chi connectivity index (χ0v) is 15.8. The van der Waals surface area contributed by atoms with E-state index in [4.69, 9.17) is 0 Å². The summed E-state index contributed by atoms with van der Waals surface area (Å²) < 4.78 is 1.76. The van der Waals surface area contributed by atoms with Gasteiger partial charge < -0.3 is 10.2 Å². The van der Waals surface area contributed by atoms with Gasteiger partial charge in [0, 0.05) is 37.4 Å². The molecule has 1 atom stereocenters. The summed E-state index contributed by atoms with van der Waals surface area (Å²) in [7, 11) is 1.86. The van der Waals surface area contributed by atoms with Gasteiger partial charge >= 0.3 is 0 Å². The third-order valence-electron chi connectivity index (χ3n) is 5.35. The monoisotopic (exact) mass is 375 g/mol. The zero-order chi connectivity index (χ0) is 19.3. The molecular weight excluding hydrogens is 354 g/mol. The Bertz CT molecular complexity index is 1190. The molecule has 1 aromatic carbocycles. The number of aromatic nitrogens is 5. The summed E-state index contributed by atoms with van der Waals surface area (Å²) in [6.45, 7) is 3.78. The van der Waals surface area contributed by atoms with E-state index < -0.39 is 0 Å². The van der Waals surface area contributed by atoms with Crippen molar-refractivity contribution in [1.82, 2.24) is 29.9 Å². The normalized spacial score (nSPS) is 16.9. The number of rotatable bonds is 3. The second-order valence-corrected chi connectivity index (χ2v) is 7.45. The molecule has 1 aliphatic heterocycles. The Hall–Kier alpha value is -3.42. The molecule has 0 radical (unpaired) electrons. The minimum atomic E-state index is 0.0122. The molecule has 0 spiro atoms. The maximum Gasteiger partial charge on any atom is 0.275 e. The Kier molecular flexibility index (Phi) is 3.78. The molecule has 28 heavy (non-hydrogen) atoms. The lowest BCUT2D eigenvalue weighted by molar-refractivity contribution is 0.0783. The number of likely N-dealkylation sites (tertiary alicyclic amines) is 1. The fraction of sp³-hybridized carbons (Fsp3) is 0.300. The van der Waals surface area contributed by atoms with Crippen LogP contribution in [0.5, 0.6) is 0 Å². The van der Waals surface area contributed by atoms with Gasteiger partial charge in [-0.05, 0) is 42.7 Å². The van der Waals surface area contributed by atoms with Crippen molar-refractivity contribution in [2.24, 2.45) is 13.0 Å². The molecule has 1 fully saturated rings. The number of amides is 1. The summed E-state index contributed by atoms with van der Waals surface area (Å²) in [4.78, 5) is 19.2. The predicted octanol–water partition coefficient (Wildman–Crippen LogP) is 3.07. The van der Waals surface area contributed by atoms with Crippen LogP contribution in [-0.2, 0) is 7.05 Å². The van der Waals surface area contributed by atoms with Crippen LogP contribution in [0.15, 0.2) is 36.5 Å². The molecule has 1 amide bonds. The average molecular weight is 375 g/mol. The molecule has 1 aliphatic rings. The lowest BCUT2D eigenvalue weighted by Gasteiger charge is -2.14. The van der Waals surface area contributed by atoms with Crippen LogP contribution in [0.25, 0.3) is 21.9 Å². The first kappa shape index (κ1) is 16.7. The second kappa shape index (κ2) is 6.33. The smallest absolute Gasteiger partial charge is 0.275 e. The molecule has 4 heterocycles. The van der Waals surface area contributed by atoms with E-state index in [-0.39, 0.29) is 5.91 Å². The Morgan fingerprint density at radius 3 is 3.04 bits per heavy atom. The Balaban J connectivity index is 1.48. The Labute approximate surface area is 161 Å². The minimum absolute atomic E-state index is 0.0122. The van der Waals surface area contributed by atoms with Gasteiger partial charge in [-0.3, -0.25) is 19.6 Å². The predicted molar refractivity (Wildman–Crippen MR) is 108 cm³/mol. The number of hydrogen-bond donors (Lipinski definition) is 2. The molecule has 142 valence electrons. The van der Waals surface area contributed by atoms with Gasteiger partial charge in [-0.15, -0.1) is 0 Å². The van der Waals surface area contributed by atoms with E-state index in [1.807, 2.05) is 42.3 Å². The van der Waals surface area contributed by atoms with Crippen LogP contribution >= 0.6 is 0 Å². The molecule has 1 saturated heterocycles. The summed E-state index contributed by atoms with van der Waals surface area (Å²) in [6.07, 6.45) is 2.79. The van der Waals surface area contributed by atoms with Crippen molar-refractivity contribution in [1.29, 1.82) is 0 Å². The number of carbonyl (C=O) groups is 1. The van der Waals surface area contributed by atoms with Gasteiger partial charge in [0.2, 0.25) is 0 Å². The first-order chi connectivity index (χ1) is 13.6. The summed E-state index contributed by atoms with van der Waals surface area (Å²) in [5.41, 5.74) is 3.94. The van der Waals surface area contributed by atoms with Gasteiger partial charge in [0.15, 0.2) is 11.5 Å². The molecular formula is C20H21N7O. The zero-order valence-electron chi connectivity index (χ0n) is 15.8. The molecule has 0 saturated carbocycles. The lowest BCUT2D eigenvalue weighted by atomic mass is 10.1. The summed E-state index contributed by atoms with van der Waals surface area (Å²) in [5, 5.41) is 16.0. The van der Waals surface area contributed by atoms with E-state index in [1.54, 1.807) is 10.9 Å². The quantitative estimate of drug-likeness (QED) is 0.574. The summed E-state index contributed by atoms with van der Waals surface area (Å²) in [5.74, 6) is 1.23. The van der Waals surface area contributed by atoms with Crippen LogP contribution in [0.2, 0.25) is 0 Å².